The molecule has 3 heterocycles. The van der Waals surface area contributed by atoms with Gasteiger partial charge in [0.1, 0.15) is 30.1 Å². The van der Waals surface area contributed by atoms with Crippen LogP contribution in [-0.2, 0) is 42.9 Å². The van der Waals surface area contributed by atoms with Crippen LogP contribution >= 0.6 is 0 Å². The largest absolute Gasteiger partial charge is 0.460 e. The van der Waals surface area contributed by atoms with Gasteiger partial charge in [-0.1, -0.05) is 71.1 Å². The molecule has 4 N–H and O–H groups in total. The Morgan fingerprint density at radius 1 is 0.877 bits per heavy atom. The predicted molar refractivity (Wildman–Crippen MR) is 245 cm³/mol. The van der Waals surface area contributed by atoms with Crippen LogP contribution in [0, 0.1) is 41.4 Å². The van der Waals surface area contributed by atoms with Gasteiger partial charge in [-0.2, -0.15) is 0 Å². The van der Waals surface area contributed by atoms with E-state index in [0.29, 0.717) is 69.8 Å². The Bertz CT molecular complexity index is 1760. The third kappa shape index (κ3) is 14.3. The minimum Gasteiger partial charge on any atom is -0.460 e. The van der Waals surface area contributed by atoms with Gasteiger partial charge in [0.25, 0.3) is 11.7 Å². The first-order chi connectivity index (χ1) is 30.7. The van der Waals surface area contributed by atoms with E-state index in [9.17, 15) is 44.4 Å². The minimum atomic E-state index is -2.44. The number of carbonyl (C=O) groups excluding carboxylic acids is 5. The Labute approximate surface area is 386 Å². The van der Waals surface area contributed by atoms with Crippen LogP contribution in [-0.4, -0.2) is 130 Å². The minimum absolute atomic E-state index is 0.0144. The fourth-order valence-corrected chi connectivity index (χ4v) is 10.2. The molecule has 4 aliphatic rings. The second-order valence-corrected chi connectivity index (χ2v) is 19.8. The van der Waals surface area contributed by atoms with Gasteiger partial charge in [0.05, 0.1) is 18.3 Å². The number of piperidine rings is 1. The fraction of sp³-hybridized carbons (Fsp3) is 0.745. The third-order valence-electron chi connectivity index (χ3n) is 14.6. The molecule has 2 bridgehead atoms. The van der Waals surface area contributed by atoms with Crippen molar-refractivity contribution in [1.29, 1.82) is 0 Å². The summed E-state index contributed by atoms with van der Waals surface area (Å²) in [5, 5.41) is 43.7. The summed E-state index contributed by atoms with van der Waals surface area (Å²) < 4.78 is 23.8. The molecule has 15 atom stereocenters. The predicted octanol–water partition coefficient (Wildman–Crippen LogP) is 5.77. The van der Waals surface area contributed by atoms with Crippen LogP contribution in [0.25, 0.3) is 0 Å². The highest BCUT2D eigenvalue weighted by molar-refractivity contribution is 6.39. The van der Waals surface area contributed by atoms with Gasteiger partial charge in [0.2, 0.25) is 5.79 Å². The van der Waals surface area contributed by atoms with Gasteiger partial charge in [0.15, 0.2) is 5.78 Å². The second kappa shape index (κ2) is 25.1. The lowest BCUT2D eigenvalue weighted by Gasteiger charge is -2.42. The van der Waals surface area contributed by atoms with Crippen molar-refractivity contribution in [3.63, 3.8) is 0 Å². The van der Waals surface area contributed by atoms with Gasteiger partial charge in [0, 0.05) is 63.9 Å². The number of ketones is 3. The maximum Gasteiger partial charge on any atom is 0.329 e. The Morgan fingerprint density at radius 2 is 1.60 bits per heavy atom. The highest BCUT2D eigenvalue weighted by Gasteiger charge is 2.53. The summed E-state index contributed by atoms with van der Waals surface area (Å²) in [5.74, 6) is -8.40. The van der Waals surface area contributed by atoms with Crippen LogP contribution in [0.1, 0.15) is 126 Å². The average molecular weight is 914 g/mol. The van der Waals surface area contributed by atoms with E-state index in [1.165, 1.54) is 12.0 Å². The topological polar surface area (TPSA) is 206 Å². The zero-order valence-electron chi connectivity index (χ0n) is 40.4. The Balaban J connectivity index is 1.70. The number of amides is 1. The molecule has 0 aromatic rings. The molecule has 1 amide bonds. The monoisotopic (exact) mass is 914 g/mol. The molecule has 0 radical (unpaired) electrons. The van der Waals surface area contributed by atoms with Gasteiger partial charge in [-0.15, -0.1) is 0 Å². The van der Waals surface area contributed by atoms with Crippen molar-refractivity contribution in [3.8, 4) is 0 Å². The Kier molecular flexibility index (Phi) is 21.0. The summed E-state index contributed by atoms with van der Waals surface area (Å²) in [5.41, 5.74) is 1.25. The number of aliphatic hydroxyl groups is 4. The summed E-state index contributed by atoms with van der Waals surface area (Å²) in [6.45, 7) is 12.5. The van der Waals surface area contributed by atoms with Crippen molar-refractivity contribution < 1.29 is 63.3 Å². The second-order valence-electron chi connectivity index (χ2n) is 19.8. The molecule has 0 aromatic carbocycles. The van der Waals surface area contributed by atoms with E-state index in [1.54, 1.807) is 34.0 Å². The molecule has 0 spiro atoms. The molecule has 2 saturated heterocycles. The zero-order valence-corrected chi connectivity index (χ0v) is 40.4. The molecule has 65 heavy (non-hydrogen) atoms. The van der Waals surface area contributed by atoms with E-state index in [2.05, 4.69) is 0 Å². The molecule has 3 aliphatic heterocycles. The normalized spacial score (nSPS) is 39.1. The van der Waals surface area contributed by atoms with Gasteiger partial charge in [-0.05, 0) is 107 Å². The van der Waals surface area contributed by atoms with E-state index in [1.807, 2.05) is 58.1 Å². The fourth-order valence-electron chi connectivity index (χ4n) is 10.2. The average Bonchev–Trinajstić information content (AvgIpc) is 3.28. The summed E-state index contributed by atoms with van der Waals surface area (Å²) in [7, 11) is 2.94. The number of ether oxygens (including phenoxy) is 4. The van der Waals surface area contributed by atoms with Gasteiger partial charge in [-0.25, -0.2) is 4.79 Å². The van der Waals surface area contributed by atoms with Crippen molar-refractivity contribution in [2.24, 2.45) is 41.4 Å². The van der Waals surface area contributed by atoms with E-state index in [0.717, 1.165) is 5.57 Å². The molecule has 14 heteroatoms. The first-order valence-electron chi connectivity index (χ1n) is 24.0. The first kappa shape index (κ1) is 54.2. The smallest absolute Gasteiger partial charge is 0.329 e. The molecule has 1 unspecified atom stereocenters. The van der Waals surface area contributed by atoms with Crippen LogP contribution in [0.5, 0.6) is 0 Å². The summed E-state index contributed by atoms with van der Waals surface area (Å²) in [6.07, 6.45) is 11.2. The Hall–Kier alpha value is -3.37. The molecule has 3 fully saturated rings. The molecule has 0 aromatic heterocycles. The van der Waals surface area contributed by atoms with Crippen LogP contribution in [0.4, 0.5) is 0 Å². The van der Waals surface area contributed by atoms with Crippen LogP contribution < -0.4 is 0 Å². The van der Waals surface area contributed by atoms with E-state index < -0.39 is 83.9 Å². The number of rotatable bonds is 6. The number of fused-ring (bicyclic) bond motifs is 3. The molecule has 366 valence electrons. The highest BCUT2D eigenvalue weighted by Crippen LogP contribution is 2.38. The number of hydrogen-bond acceptors (Lipinski definition) is 13. The van der Waals surface area contributed by atoms with Crippen molar-refractivity contribution in [1.82, 2.24) is 4.90 Å². The molecule has 14 nitrogen and oxygen atoms in total. The van der Waals surface area contributed by atoms with Crippen LogP contribution in [0.2, 0.25) is 0 Å². The summed E-state index contributed by atoms with van der Waals surface area (Å²) >= 11 is 0. The van der Waals surface area contributed by atoms with Crippen LogP contribution in [0.3, 0.4) is 0 Å². The lowest BCUT2D eigenvalue weighted by atomic mass is 9.75. The van der Waals surface area contributed by atoms with Crippen molar-refractivity contribution in [2.75, 3.05) is 27.4 Å². The summed E-state index contributed by atoms with van der Waals surface area (Å²) in [6, 6.07) is -1.15. The molecule has 1 saturated carbocycles. The molecular formula is C51H79NO13. The number of aliphatic hydroxyl groups excluding tert-OH is 3. The van der Waals surface area contributed by atoms with E-state index in [-0.39, 0.29) is 61.2 Å². The number of nitrogens with zero attached hydrogens (tertiary/aromatic N) is 1. The number of methoxy groups -OCH3 is 2. The van der Waals surface area contributed by atoms with Gasteiger partial charge in [-0.3, -0.25) is 19.2 Å². The number of Topliss-reactive ketones (excluding diaryl/α,β-unsaturated/α-hetero) is 3. The number of carbonyl (C=O) groups is 5. The lowest BCUT2D eigenvalue weighted by molar-refractivity contribution is -0.265. The van der Waals surface area contributed by atoms with Gasteiger partial charge < -0.3 is 44.3 Å². The van der Waals surface area contributed by atoms with Crippen LogP contribution in [0.15, 0.2) is 47.6 Å². The van der Waals surface area contributed by atoms with E-state index in [4.69, 9.17) is 18.9 Å². The van der Waals surface area contributed by atoms with Crippen molar-refractivity contribution in [2.45, 2.75) is 174 Å². The van der Waals surface area contributed by atoms with Gasteiger partial charge >= 0.3 is 5.97 Å². The molecule has 1 aliphatic carbocycles. The third-order valence-corrected chi connectivity index (χ3v) is 14.6. The summed E-state index contributed by atoms with van der Waals surface area (Å²) in [4.78, 5) is 71.7. The number of allylic oxidation sites excluding steroid dienone is 6. The van der Waals surface area contributed by atoms with Crippen molar-refractivity contribution in [3.05, 3.63) is 47.6 Å². The Morgan fingerprint density at radius 3 is 2.28 bits per heavy atom. The molecule has 4 rings (SSSR count). The molecular weight excluding hydrogens is 835 g/mol. The van der Waals surface area contributed by atoms with E-state index >= 15 is 0 Å². The number of esters is 1. The first-order valence-corrected chi connectivity index (χ1v) is 24.0. The van der Waals surface area contributed by atoms with Crippen molar-refractivity contribution >= 4 is 29.2 Å². The maximum atomic E-state index is 14.3. The number of hydrogen-bond donors (Lipinski definition) is 4. The highest BCUT2D eigenvalue weighted by atomic mass is 16.6. The maximum absolute atomic E-state index is 14.3. The SMILES string of the molecule is CO[C@H]1C[C@@H]2CC[C@@H](C)[C@@](O)(O2)C(=O)C(=O)N2CCCC[C@H]2C(=O)O[C@H]([C@H](C)CC2CC[C@@H](O)[C@H](CO)C2)CC(=O)[C@H](C)/C=C(\C)[C@@H](O)[C@@H](OC)C(=O)[C@H](C)C[C@H](C)/C=C/C=CC=C1C. The zero-order chi connectivity index (χ0) is 48.2. The number of cyclic esters (lactones) is 1. The lowest BCUT2D eigenvalue weighted by Crippen LogP contribution is -2.61. The quantitative estimate of drug-likeness (QED) is 0.142. The standard InChI is InChI=1S/C51H79NO13/c1-30-15-11-10-12-16-31(2)43(62-8)27-39-20-18-36(7)51(61,65-39)48(58)49(59)52-22-14-13-17-40(52)50(60)64-44(33(4)25-37-19-21-41(54)38(26-37)29-53)28-42(55)32(3)24-35(6)46(57)47(63-9)45(56)34(5)23-30/h10-12,15-16,24,30,32-34,36-41,43-44,46-47,53-54,57,61H,13-14,17-23,25-29H2,1-9H3/b12-10?,15-11+,31-16?,35-24+/t30-,32-,33-,34-,36-,37?,38+,39+,40+,41-,43+,44+,46-,47+,51-/m1/s1.